The summed E-state index contributed by atoms with van der Waals surface area (Å²) in [4.78, 5) is 0. The summed E-state index contributed by atoms with van der Waals surface area (Å²) in [6.07, 6.45) is 0. The summed E-state index contributed by atoms with van der Waals surface area (Å²) in [5.41, 5.74) is 4.04. The fraction of sp³-hybridized carbons (Fsp3) is 0.0625. The molecule has 0 N–H and O–H groups in total. The van der Waals surface area contributed by atoms with Crippen molar-refractivity contribution in [1.29, 1.82) is 0 Å². The smallest absolute Gasteiger partial charge is 0.214 e. The molecule has 0 unspecified atom stereocenters. The molecule has 0 aliphatic heterocycles. The van der Waals surface area contributed by atoms with Gasteiger partial charge in [0.15, 0.2) is 0 Å². The predicted octanol–water partition coefficient (Wildman–Crippen LogP) is 8.41. The van der Waals surface area contributed by atoms with E-state index in [4.69, 9.17) is 0 Å². The van der Waals surface area contributed by atoms with Crippen molar-refractivity contribution in [3.63, 3.8) is 0 Å². The molecule has 0 bridgehead atoms. The molecule has 0 radical (unpaired) electrons. The normalized spacial score (nSPS) is 9.17. The van der Waals surface area contributed by atoms with Crippen LogP contribution in [0.2, 0.25) is 0 Å². The van der Waals surface area contributed by atoms with Gasteiger partial charge in [-0.1, -0.05) is 12.3 Å². The largest absolute Gasteiger partial charge is 2.00 e. The summed E-state index contributed by atoms with van der Waals surface area (Å²) in [5.74, 6) is 0. The van der Waals surface area contributed by atoms with Crippen molar-refractivity contribution < 1.29 is 51.2 Å². The van der Waals surface area contributed by atoms with E-state index in [-0.39, 0.29) is 56.6 Å². The second kappa shape index (κ2) is 18.9. The average Bonchev–Trinajstić information content (AvgIpc) is 3.74. The third-order valence-electron chi connectivity index (χ3n) is 5.39. The Labute approximate surface area is 242 Å². The minimum Gasteiger partial charge on any atom is -0.214 e. The van der Waals surface area contributed by atoms with Gasteiger partial charge >= 0.3 is 51.2 Å². The van der Waals surface area contributed by atoms with E-state index >= 15 is 0 Å². The van der Waals surface area contributed by atoms with Gasteiger partial charge in [0.25, 0.3) is 0 Å². The molecule has 0 saturated heterocycles. The molecule has 6 aromatic carbocycles. The molecule has 0 aromatic heterocycles. The fourth-order valence-corrected chi connectivity index (χ4v) is 3.58. The molecule has 6 rings (SSSR count). The summed E-state index contributed by atoms with van der Waals surface area (Å²) < 4.78 is 0. The number of hydrogen-bond acceptors (Lipinski definition) is 0. The van der Waals surface area contributed by atoms with Crippen LogP contribution in [0.3, 0.4) is 0 Å². The van der Waals surface area contributed by atoms with Gasteiger partial charge in [-0.25, -0.2) is 72.8 Å². The third kappa shape index (κ3) is 10.4. The Hall–Kier alpha value is -2.34. The van der Waals surface area contributed by atoms with Gasteiger partial charge < -0.3 is 0 Å². The van der Waals surface area contributed by atoms with Gasteiger partial charge in [0.2, 0.25) is 0 Å². The van der Waals surface area contributed by atoms with Crippen molar-refractivity contribution >= 4 is 0 Å². The Bertz CT molecular complexity index is 894. The second-order valence-electron chi connectivity index (χ2n) is 7.53. The maximum atomic E-state index is 2.30. The molecule has 0 nitrogen and oxygen atoms in total. The molecular formula is C32H30Fe3. The van der Waals surface area contributed by atoms with E-state index in [1.165, 1.54) is 16.7 Å². The summed E-state index contributed by atoms with van der Waals surface area (Å²) in [7, 11) is 0. The van der Waals surface area contributed by atoms with Crippen LogP contribution in [0.1, 0.15) is 23.6 Å². The number of hydrogen-bond donors (Lipinski definition) is 0. The molecular weight excluding hydrogens is 552 g/mol. The zero-order chi connectivity index (χ0) is 22.3. The molecule has 0 heterocycles. The Morgan fingerprint density at radius 3 is 0.714 bits per heavy atom. The van der Waals surface area contributed by atoms with E-state index in [0.717, 1.165) is 0 Å². The average molecular weight is 582 g/mol. The van der Waals surface area contributed by atoms with Crippen LogP contribution in [-0.4, -0.2) is 0 Å². The van der Waals surface area contributed by atoms with Crippen molar-refractivity contribution in [3.8, 4) is 0 Å². The minimum atomic E-state index is -0.0312. The van der Waals surface area contributed by atoms with Crippen molar-refractivity contribution in [2.24, 2.45) is 0 Å². The van der Waals surface area contributed by atoms with Gasteiger partial charge in [-0.2, -0.15) is 108 Å². The summed E-state index contributed by atoms with van der Waals surface area (Å²) in [6.45, 7) is 2.30. The van der Waals surface area contributed by atoms with Gasteiger partial charge in [0.05, 0.1) is 0 Å². The van der Waals surface area contributed by atoms with Crippen molar-refractivity contribution in [2.45, 2.75) is 12.3 Å². The molecule has 0 fully saturated rings. The molecule has 3 heteroatoms. The van der Waals surface area contributed by atoms with Gasteiger partial charge in [-0.15, -0.1) is 0 Å². The molecule has 0 spiro atoms. The van der Waals surface area contributed by atoms with Crippen LogP contribution in [-0.2, 0) is 56.6 Å². The maximum absolute atomic E-state index is 2.30. The van der Waals surface area contributed by atoms with E-state index in [9.17, 15) is 0 Å². The van der Waals surface area contributed by atoms with E-state index in [0.29, 0.717) is 0 Å². The molecule has 0 atom stereocenters. The SMILES string of the molecule is CC([c-]1cccc1)([c-]1cccc1)[c-]1cccc1.[Fe+2].[Fe+2].[Fe+2].c1cc[cH-]c1.c1cc[cH-]c1.c1cc[cH-]c1. The maximum Gasteiger partial charge on any atom is 2.00 e. The number of rotatable bonds is 3. The van der Waals surface area contributed by atoms with Crippen LogP contribution in [0.4, 0.5) is 0 Å². The zero-order valence-corrected chi connectivity index (χ0v) is 23.0. The second-order valence-corrected chi connectivity index (χ2v) is 7.53. The fourth-order valence-electron chi connectivity index (χ4n) is 3.58. The standard InChI is InChI=1S/C17H15.3C5H5.3Fe/c1-17(14-8-2-3-9-14,15-10-4-5-11-15)16-12-6-7-13-16;3*1-2-4-5-3-1;;;/h2-13H,1H3;3*1-5H;;;/q-3;3*-1;3*+2. The van der Waals surface area contributed by atoms with E-state index in [2.05, 4.69) is 79.7 Å². The molecule has 182 valence electrons. The van der Waals surface area contributed by atoms with E-state index in [1.54, 1.807) is 0 Å². The third-order valence-corrected chi connectivity index (χ3v) is 5.39. The van der Waals surface area contributed by atoms with Gasteiger partial charge in [-0.3, -0.25) is 0 Å². The molecule has 0 aliphatic rings. The summed E-state index contributed by atoms with van der Waals surface area (Å²) in [6, 6.07) is 55.9. The van der Waals surface area contributed by atoms with Gasteiger partial charge in [0.1, 0.15) is 0 Å². The minimum absolute atomic E-state index is 0. The molecule has 35 heavy (non-hydrogen) atoms. The molecule has 0 amide bonds. The van der Waals surface area contributed by atoms with Crippen LogP contribution >= 0.6 is 0 Å². The van der Waals surface area contributed by atoms with Crippen LogP contribution in [0.5, 0.6) is 0 Å². The Kier molecular flexibility index (Phi) is 17.7. The van der Waals surface area contributed by atoms with Crippen molar-refractivity contribution in [1.82, 2.24) is 0 Å². The topological polar surface area (TPSA) is 0 Å². The summed E-state index contributed by atoms with van der Waals surface area (Å²) in [5, 5.41) is 0. The first-order valence-electron chi connectivity index (χ1n) is 11.0. The van der Waals surface area contributed by atoms with E-state index in [1.807, 2.05) is 91.0 Å². The summed E-state index contributed by atoms with van der Waals surface area (Å²) >= 11 is 0. The van der Waals surface area contributed by atoms with Crippen LogP contribution in [0, 0.1) is 0 Å². The van der Waals surface area contributed by atoms with Crippen LogP contribution in [0.25, 0.3) is 0 Å². The predicted molar refractivity (Wildman–Crippen MR) is 138 cm³/mol. The zero-order valence-electron chi connectivity index (χ0n) is 19.6. The van der Waals surface area contributed by atoms with Crippen LogP contribution < -0.4 is 0 Å². The first kappa shape index (κ1) is 32.7. The molecule has 0 saturated carbocycles. The quantitative estimate of drug-likeness (QED) is 0.145. The van der Waals surface area contributed by atoms with Crippen LogP contribution in [0.15, 0.2) is 164 Å². The van der Waals surface area contributed by atoms with Crippen molar-refractivity contribution in [2.75, 3.05) is 0 Å². The first-order valence-corrected chi connectivity index (χ1v) is 11.0. The Balaban J connectivity index is 0.000000529. The Morgan fingerprint density at radius 1 is 0.371 bits per heavy atom. The monoisotopic (exact) mass is 582 g/mol. The Morgan fingerprint density at radius 2 is 0.571 bits per heavy atom. The van der Waals surface area contributed by atoms with Gasteiger partial charge in [-0.05, 0) is 0 Å². The van der Waals surface area contributed by atoms with Crippen molar-refractivity contribution in [3.05, 3.63) is 180 Å². The molecule has 0 aliphatic carbocycles. The van der Waals surface area contributed by atoms with E-state index < -0.39 is 0 Å². The molecule has 6 aromatic rings. The van der Waals surface area contributed by atoms with Gasteiger partial charge in [0, 0.05) is 0 Å². The first-order chi connectivity index (χ1) is 15.8.